The highest BCUT2D eigenvalue weighted by Crippen LogP contribution is 2.21. The van der Waals surface area contributed by atoms with E-state index in [0.29, 0.717) is 0 Å². The molecule has 0 atom stereocenters. The highest BCUT2D eigenvalue weighted by atomic mass is 19.1. The minimum atomic E-state index is -0.250. The fraction of sp³-hybridized carbons (Fsp3) is 0. The van der Waals surface area contributed by atoms with Crippen LogP contribution in [0.3, 0.4) is 0 Å². The molecule has 1 aromatic heterocycles. The van der Waals surface area contributed by atoms with Crippen LogP contribution in [-0.4, -0.2) is 9.55 Å². The van der Waals surface area contributed by atoms with Crippen molar-refractivity contribution in [3.8, 4) is 17.1 Å². The molecule has 3 aromatic rings. The fourth-order valence-electron chi connectivity index (χ4n) is 1.94. The Kier molecular flexibility index (Phi) is 2.65. The number of imidazole rings is 1. The van der Waals surface area contributed by atoms with Crippen LogP contribution in [0.15, 0.2) is 67.0 Å². The second-order valence-electron chi connectivity index (χ2n) is 3.97. The number of nitrogens with zero attached hydrogens (tertiary/aromatic N) is 2. The first-order valence-corrected chi connectivity index (χ1v) is 5.69. The topological polar surface area (TPSA) is 17.8 Å². The average molecular weight is 238 g/mol. The standard InChI is InChI=1S/C15H11FN2/c16-13-7-4-8-14(11-13)18-10-9-17-15(18)12-5-2-1-3-6-12/h1-11H. The van der Waals surface area contributed by atoms with Gasteiger partial charge < -0.3 is 0 Å². The third-order valence-corrected chi connectivity index (χ3v) is 2.76. The maximum atomic E-state index is 13.3. The second kappa shape index (κ2) is 4.45. The minimum absolute atomic E-state index is 0.250. The van der Waals surface area contributed by atoms with Crippen molar-refractivity contribution in [2.45, 2.75) is 0 Å². The number of hydrogen-bond acceptors (Lipinski definition) is 1. The molecule has 1 heterocycles. The molecule has 2 aromatic carbocycles. The molecule has 0 spiro atoms. The van der Waals surface area contributed by atoms with Gasteiger partial charge in [-0.1, -0.05) is 36.4 Å². The third-order valence-electron chi connectivity index (χ3n) is 2.76. The molecule has 0 N–H and O–H groups in total. The molecule has 18 heavy (non-hydrogen) atoms. The number of halogens is 1. The van der Waals surface area contributed by atoms with Gasteiger partial charge in [-0.05, 0) is 18.2 Å². The van der Waals surface area contributed by atoms with Crippen LogP contribution < -0.4 is 0 Å². The Morgan fingerprint density at radius 3 is 2.56 bits per heavy atom. The highest BCUT2D eigenvalue weighted by molar-refractivity contribution is 5.58. The van der Waals surface area contributed by atoms with Gasteiger partial charge in [0.2, 0.25) is 0 Å². The van der Waals surface area contributed by atoms with Gasteiger partial charge in [-0.25, -0.2) is 9.37 Å². The van der Waals surface area contributed by atoms with Gasteiger partial charge in [0.25, 0.3) is 0 Å². The van der Waals surface area contributed by atoms with Gasteiger partial charge in [0.15, 0.2) is 0 Å². The van der Waals surface area contributed by atoms with Crippen LogP contribution in [0.1, 0.15) is 0 Å². The lowest BCUT2D eigenvalue weighted by Crippen LogP contribution is -1.96. The van der Waals surface area contributed by atoms with Crippen molar-refractivity contribution in [1.29, 1.82) is 0 Å². The van der Waals surface area contributed by atoms with E-state index in [1.807, 2.05) is 47.2 Å². The molecular formula is C15H11FN2. The minimum Gasteiger partial charge on any atom is -0.300 e. The van der Waals surface area contributed by atoms with E-state index in [9.17, 15) is 4.39 Å². The summed E-state index contributed by atoms with van der Waals surface area (Å²) in [6.07, 6.45) is 3.55. The van der Waals surface area contributed by atoms with Crippen LogP contribution in [0.2, 0.25) is 0 Å². The van der Waals surface area contributed by atoms with Crippen LogP contribution in [0, 0.1) is 5.82 Å². The Hall–Kier alpha value is -2.42. The van der Waals surface area contributed by atoms with Crippen molar-refractivity contribution < 1.29 is 4.39 Å². The third kappa shape index (κ3) is 1.91. The number of hydrogen-bond donors (Lipinski definition) is 0. The molecule has 88 valence electrons. The van der Waals surface area contributed by atoms with Crippen LogP contribution >= 0.6 is 0 Å². The summed E-state index contributed by atoms with van der Waals surface area (Å²) in [6.45, 7) is 0. The zero-order valence-corrected chi connectivity index (χ0v) is 9.62. The van der Waals surface area contributed by atoms with Crippen molar-refractivity contribution >= 4 is 0 Å². The smallest absolute Gasteiger partial charge is 0.144 e. The van der Waals surface area contributed by atoms with Crippen molar-refractivity contribution in [2.75, 3.05) is 0 Å². The monoisotopic (exact) mass is 238 g/mol. The fourth-order valence-corrected chi connectivity index (χ4v) is 1.94. The van der Waals surface area contributed by atoms with E-state index in [0.717, 1.165) is 17.1 Å². The van der Waals surface area contributed by atoms with Gasteiger partial charge in [0.05, 0.1) is 0 Å². The van der Waals surface area contributed by atoms with E-state index in [1.165, 1.54) is 12.1 Å². The highest BCUT2D eigenvalue weighted by Gasteiger charge is 2.07. The van der Waals surface area contributed by atoms with Crippen molar-refractivity contribution in [1.82, 2.24) is 9.55 Å². The van der Waals surface area contributed by atoms with Crippen LogP contribution in [0.25, 0.3) is 17.1 Å². The zero-order chi connectivity index (χ0) is 12.4. The lowest BCUT2D eigenvalue weighted by Gasteiger charge is -2.07. The Balaban J connectivity index is 2.13. The first kappa shape index (κ1) is 10.7. The van der Waals surface area contributed by atoms with Gasteiger partial charge >= 0.3 is 0 Å². The van der Waals surface area contributed by atoms with Crippen LogP contribution in [-0.2, 0) is 0 Å². The quantitative estimate of drug-likeness (QED) is 0.666. The van der Waals surface area contributed by atoms with Gasteiger partial charge in [-0.15, -0.1) is 0 Å². The van der Waals surface area contributed by atoms with Crippen molar-refractivity contribution in [2.24, 2.45) is 0 Å². The number of rotatable bonds is 2. The van der Waals surface area contributed by atoms with Crippen LogP contribution in [0.5, 0.6) is 0 Å². The molecule has 0 aliphatic heterocycles. The normalized spacial score (nSPS) is 10.5. The summed E-state index contributed by atoms with van der Waals surface area (Å²) in [6, 6.07) is 16.3. The SMILES string of the molecule is Fc1cccc(-n2ccnc2-c2ccccc2)c1. The summed E-state index contributed by atoms with van der Waals surface area (Å²) in [5.74, 6) is 0.557. The lowest BCUT2D eigenvalue weighted by molar-refractivity contribution is 0.626. The second-order valence-corrected chi connectivity index (χ2v) is 3.97. The number of aromatic nitrogens is 2. The van der Waals surface area contributed by atoms with Crippen molar-refractivity contribution in [3.05, 3.63) is 72.8 Å². The summed E-state index contributed by atoms with van der Waals surface area (Å²) >= 11 is 0. The molecule has 0 fully saturated rings. The molecule has 0 radical (unpaired) electrons. The molecule has 2 nitrogen and oxygen atoms in total. The zero-order valence-electron chi connectivity index (χ0n) is 9.62. The average Bonchev–Trinajstić information content (AvgIpc) is 2.89. The first-order valence-electron chi connectivity index (χ1n) is 5.69. The van der Waals surface area contributed by atoms with Gasteiger partial charge in [0, 0.05) is 23.6 Å². The first-order chi connectivity index (χ1) is 8.84. The van der Waals surface area contributed by atoms with E-state index in [2.05, 4.69) is 4.98 Å². The summed E-state index contributed by atoms with van der Waals surface area (Å²) in [5.41, 5.74) is 1.78. The molecule has 0 aliphatic carbocycles. The van der Waals surface area contributed by atoms with E-state index in [1.54, 1.807) is 12.3 Å². The Bertz CT molecular complexity index is 659. The van der Waals surface area contributed by atoms with Gasteiger partial charge in [-0.2, -0.15) is 0 Å². The predicted molar refractivity (Wildman–Crippen MR) is 69.0 cm³/mol. The summed E-state index contributed by atoms with van der Waals surface area (Å²) in [4.78, 5) is 4.33. The van der Waals surface area contributed by atoms with Gasteiger partial charge in [-0.3, -0.25) is 4.57 Å². The van der Waals surface area contributed by atoms with Gasteiger partial charge in [0.1, 0.15) is 11.6 Å². The molecule has 3 heteroatoms. The summed E-state index contributed by atoms with van der Waals surface area (Å²) in [5, 5.41) is 0. The Labute approximate surface area is 104 Å². The summed E-state index contributed by atoms with van der Waals surface area (Å²) in [7, 11) is 0. The summed E-state index contributed by atoms with van der Waals surface area (Å²) < 4.78 is 15.1. The molecule has 0 amide bonds. The Morgan fingerprint density at radius 2 is 1.78 bits per heavy atom. The lowest BCUT2D eigenvalue weighted by atomic mass is 10.2. The van der Waals surface area contributed by atoms with Crippen LogP contribution in [0.4, 0.5) is 4.39 Å². The van der Waals surface area contributed by atoms with E-state index < -0.39 is 0 Å². The molecule has 0 aliphatic rings. The molecule has 0 saturated heterocycles. The molecule has 0 unspecified atom stereocenters. The molecule has 3 rings (SSSR count). The largest absolute Gasteiger partial charge is 0.300 e. The number of benzene rings is 2. The molecule has 0 bridgehead atoms. The predicted octanol–water partition coefficient (Wildman–Crippen LogP) is 3.68. The maximum Gasteiger partial charge on any atom is 0.144 e. The van der Waals surface area contributed by atoms with E-state index in [4.69, 9.17) is 0 Å². The maximum absolute atomic E-state index is 13.3. The van der Waals surface area contributed by atoms with Crippen molar-refractivity contribution in [3.63, 3.8) is 0 Å². The Morgan fingerprint density at radius 1 is 0.944 bits per heavy atom. The molecular weight excluding hydrogens is 227 g/mol. The van der Waals surface area contributed by atoms with E-state index >= 15 is 0 Å². The van der Waals surface area contributed by atoms with E-state index in [-0.39, 0.29) is 5.82 Å². The molecule has 0 saturated carbocycles.